The fraction of sp³-hybridized carbons (Fsp3) is 0.294. The van der Waals surface area contributed by atoms with Crippen molar-refractivity contribution in [2.75, 3.05) is 0 Å². The van der Waals surface area contributed by atoms with Crippen LogP contribution in [0.1, 0.15) is 34.0 Å². The quantitative estimate of drug-likeness (QED) is 0.653. The number of benzene rings is 2. The third kappa shape index (κ3) is 2.59. The van der Waals surface area contributed by atoms with Gasteiger partial charge in [0.2, 0.25) is 0 Å². The van der Waals surface area contributed by atoms with Gasteiger partial charge in [0.1, 0.15) is 11.9 Å². The van der Waals surface area contributed by atoms with Gasteiger partial charge in [-0.3, -0.25) is 0 Å². The number of ether oxygens (including phenoxy) is 1. The Bertz CT molecular complexity index is 653. The van der Waals surface area contributed by atoms with E-state index in [1.165, 1.54) is 16.7 Å². The first-order valence-electron chi connectivity index (χ1n) is 6.74. The van der Waals surface area contributed by atoms with Crippen LogP contribution in [0.3, 0.4) is 0 Å². The highest BCUT2D eigenvalue weighted by Gasteiger charge is 2.21. The van der Waals surface area contributed by atoms with E-state index in [1.54, 1.807) is 0 Å². The number of alkyl halides is 1. The first kappa shape index (κ1) is 14.0. The van der Waals surface area contributed by atoms with Gasteiger partial charge in [-0.25, -0.2) is 0 Å². The molecule has 2 atom stereocenters. The van der Waals surface area contributed by atoms with Gasteiger partial charge in [0.15, 0.2) is 0 Å². The minimum absolute atomic E-state index is 0.180. The molecule has 3 heteroatoms. The largest absolute Gasteiger partial charge is 0.490 e. The minimum Gasteiger partial charge on any atom is -0.490 e. The van der Waals surface area contributed by atoms with E-state index in [2.05, 4.69) is 53.2 Å². The van der Waals surface area contributed by atoms with Gasteiger partial charge in [0.05, 0.1) is 4.83 Å². The van der Waals surface area contributed by atoms with Crippen LogP contribution in [0.4, 0.5) is 0 Å². The molecule has 1 nitrogen and oxygen atoms in total. The summed E-state index contributed by atoms with van der Waals surface area (Å²) in [6.07, 6.45) is 1.27. The average Bonchev–Trinajstić information content (AvgIpc) is 2.80. The van der Waals surface area contributed by atoms with Gasteiger partial charge < -0.3 is 4.74 Å². The predicted octanol–water partition coefficient (Wildman–Crippen LogP) is 5.46. The van der Waals surface area contributed by atoms with Crippen molar-refractivity contribution in [1.29, 1.82) is 0 Å². The summed E-state index contributed by atoms with van der Waals surface area (Å²) in [5.74, 6) is 1.02. The van der Waals surface area contributed by atoms with Crippen LogP contribution in [0, 0.1) is 6.92 Å². The molecule has 104 valence electrons. The second kappa shape index (κ2) is 5.42. The van der Waals surface area contributed by atoms with Crippen LogP contribution in [-0.2, 0) is 6.42 Å². The fourth-order valence-corrected chi connectivity index (χ4v) is 3.30. The van der Waals surface area contributed by atoms with Crippen molar-refractivity contribution in [3.63, 3.8) is 0 Å². The zero-order chi connectivity index (χ0) is 14.3. The van der Waals surface area contributed by atoms with Crippen LogP contribution >= 0.6 is 27.5 Å². The molecule has 1 aliphatic heterocycles. The summed E-state index contributed by atoms with van der Waals surface area (Å²) in [4.78, 5) is 0.180. The van der Waals surface area contributed by atoms with Gasteiger partial charge in [0, 0.05) is 11.4 Å². The Balaban J connectivity index is 1.93. The summed E-state index contributed by atoms with van der Waals surface area (Å²) in [6, 6.07) is 12.6. The molecule has 0 aliphatic carbocycles. The van der Waals surface area contributed by atoms with Crippen LogP contribution in [0.15, 0.2) is 36.4 Å². The van der Waals surface area contributed by atoms with Crippen LogP contribution in [0.5, 0.6) is 5.75 Å². The molecule has 0 radical (unpaired) electrons. The highest BCUT2D eigenvalue weighted by atomic mass is 79.9. The third-order valence-corrected chi connectivity index (χ3v) is 5.17. The fourth-order valence-electron chi connectivity index (χ4n) is 2.62. The van der Waals surface area contributed by atoms with Gasteiger partial charge in [-0.15, -0.1) is 0 Å². The van der Waals surface area contributed by atoms with E-state index < -0.39 is 0 Å². The molecule has 1 heterocycles. The maximum absolute atomic E-state index is 6.09. The molecular weight excluding hydrogens is 336 g/mol. The highest BCUT2D eigenvalue weighted by molar-refractivity contribution is 9.09. The van der Waals surface area contributed by atoms with Crippen molar-refractivity contribution in [2.45, 2.75) is 31.2 Å². The van der Waals surface area contributed by atoms with E-state index in [9.17, 15) is 0 Å². The van der Waals surface area contributed by atoms with E-state index in [-0.39, 0.29) is 10.9 Å². The van der Waals surface area contributed by atoms with Gasteiger partial charge in [-0.1, -0.05) is 51.8 Å². The van der Waals surface area contributed by atoms with E-state index in [4.69, 9.17) is 16.3 Å². The molecule has 3 rings (SSSR count). The number of halogens is 2. The lowest BCUT2D eigenvalue weighted by Gasteiger charge is -2.13. The SMILES string of the molecule is Cc1cc(C(Br)c2ccc3c(c2)CC(C)O3)ccc1Cl. The van der Waals surface area contributed by atoms with E-state index in [0.29, 0.717) is 0 Å². The van der Waals surface area contributed by atoms with Crippen molar-refractivity contribution >= 4 is 27.5 Å². The molecule has 2 aromatic carbocycles. The molecular formula is C17H16BrClO. The summed E-state index contributed by atoms with van der Waals surface area (Å²) in [5.41, 5.74) is 4.87. The number of hydrogen-bond donors (Lipinski definition) is 0. The van der Waals surface area contributed by atoms with Crippen LogP contribution in [-0.4, -0.2) is 6.10 Å². The van der Waals surface area contributed by atoms with Crippen LogP contribution < -0.4 is 4.74 Å². The Hall–Kier alpha value is -0.990. The predicted molar refractivity (Wildman–Crippen MR) is 87.2 cm³/mol. The molecule has 0 amide bonds. The first-order chi connectivity index (χ1) is 9.54. The van der Waals surface area contributed by atoms with Gasteiger partial charge >= 0.3 is 0 Å². The van der Waals surface area contributed by atoms with Crippen molar-refractivity contribution < 1.29 is 4.74 Å². The van der Waals surface area contributed by atoms with Crippen LogP contribution in [0.25, 0.3) is 0 Å². The monoisotopic (exact) mass is 350 g/mol. The Kier molecular flexibility index (Phi) is 3.78. The number of rotatable bonds is 2. The summed E-state index contributed by atoms with van der Waals surface area (Å²) >= 11 is 9.88. The maximum atomic E-state index is 6.09. The van der Waals surface area contributed by atoms with E-state index in [0.717, 1.165) is 22.8 Å². The van der Waals surface area contributed by atoms with Gasteiger partial charge in [-0.05, 0) is 48.2 Å². The van der Waals surface area contributed by atoms with Crippen molar-refractivity contribution in [2.24, 2.45) is 0 Å². The standard InChI is InChI=1S/C17H16BrClO/c1-10-7-12(3-5-15(10)19)17(18)13-4-6-16-14(9-13)8-11(2)20-16/h3-7,9,11,17H,8H2,1-2H3. The molecule has 1 aliphatic rings. The molecule has 0 saturated carbocycles. The second-order valence-electron chi connectivity index (χ2n) is 5.37. The van der Waals surface area contributed by atoms with Crippen molar-refractivity contribution in [3.8, 4) is 5.75 Å². The summed E-state index contributed by atoms with van der Waals surface area (Å²) in [7, 11) is 0. The molecule has 0 spiro atoms. The van der Waals surface area contributed by atoms with Crippen molar-refractivity contribution in [3.05, 3.63) is 63.7 Å². The zero-order valence-electron chi connectivity index (χ0n) is 11.5. The number of aryl methyl sites for hydroxylation is 1. The third-order valence-electron chi connectivity index (χ3n) is 3.69. The van der Waals surface area contributed by atoms with Crippen molar-refractivity contribution in [1.82, 2.24) is 0 Å². The van der Waals surface area contributed by atoms with E-state index >= 15 is 0 Å². The molecule has 0 aromatic heterocycles. The molecule has 0 bridgehead atoms. The van der Waals surface area contributed by atoms with E-state index in [1.807, 2.05) is 13.0 Å². The maximum Gasteiger partial charge on any atom is 0.123 e. The Morgan fingerprint density at radius 2 is 1.90 bits per heavy atom. The summed E-state index contributed by atoms with van der Waals surface area (Å²) in [6.45, 7) is 4.14. The first-order valence-corrected chi connectivity index (χ1v) is 8.03. The minimum atomic E-state index is 0.180. The summed E-state index contributed by atoms with van der Waals surface area (Å²) < 4.78 is 5.75. The zero-order valence-corrected chi connectivity index (χ0v) is 13.8. The molecule has 2 unspecified atom stereocenters. The molecule has 0 N–H and O–H groups in total. The Labute approximate surface area is 133 Å². The Morgan fingerprint density at radius 3 is 2.65 bits per heavy atom. The average molecular weight is 352 g/mol. The molecule has 20 heavy (non-hydrogen) atoms. The van der Waals surface area contributed by atoms with Gasteiger partial charge in [0.25, 0.3) is 0 Å². The van der Waals surface area contributed by atoms with Gasteiger partial charge in [-0.2, -0.15) is 0 Å². The number of fused-ring (bicyclic) bond motifs is 1. The molecule has 2 aromatic rings. The molecule has 0 fully saturated rings. The number of hydrogen-bond acceptors (Lipinski definition) is 1. The lowest BCUT2D eigenvalue weighted by atomic mass is 10.00. The normalized spacial score (nSPS) is 18.5. The summed E-state index contributed by atoms with van der Waals surface area (Å²) in [5, 5.41) is 0.810. The highest BCUT2D eigenvalue weighted by Crippen LogP contribution is 2.37. The second-order valence-corrected chi connectivity index (χ2v) is 6.69. The smallest absolute Gasteiger partial charge is 0.123 e. The topological polar surface area (TPSA) is 9.23 Å². The molecule has 0 saturated heterocycles. The van der Waals surface area contributed by atoms with Crippen LogP contribution in [0.2, 0.25) is 5.02 Å². The lowest BCUT2D eigenvalue weighted by molar-refractivity contribution is 0.254. The Morgan fingerprint density at radius 1 is 1.20 bits per heavy atom. The lowest BCUT2D eigenvalue weighted by Crippen LogP contribution is -2.05.